The van der Waals surface area contributed by atoms with Gasteiger partial charge in [0, 0.05) is 25.8 Å². The third-order valence-corrected chi connectivity index (χ3v) is 4.52. The van der Waals surface area contributed by atoms with Gasteiger partial charge >= 0.3 is 0 Å². The monoisotopic (exact) mass is 367 g/mol. The lowest BCUT2D eigenvalue weighted by Crippen LogP contribution is -2.41. The van der Waals surface area contributed by atoms with E-state index >= 15 is 0 Å². The van der Waals surface area contributed by atoms with Crippen LogP contribution in [0.3, 0.4) is 0 Å². The minimum Gasteiger partial charge on any atom is -0.491 e. The van der Waals surface area contributed by atoms with Gasteiger partial charge in [0.05, 0.1) is 18.7 Å². The van der Waals surface area contributed by atoms with Crippen molar-refractivity contribution in [2.24, 2.45) is 0 Å². The third-order valence-electron chi connectivity index (χ3n) is 4.52. The fourth-order valence-electron chi connectivity index (χ4n) is 3.05. The Kier molecular flexibility index (Phi) is 6.30. The first-order valence-electron chi connectivity index (χ1n) is 9.20. The number of amides is 2. The molecule has 0 fully saturated rings. The molecule has 1 heterocycles. The van der Waals surface area contributed by atoms with Crippen LogP contribution in [0.5, 0.6) is 5.75 Å². The maximum atomic E-state index is 12.3. The van der Waals surface area contributed by atoms with Crippen molar-refractivity contribution >= 4 is 23.2 Å². The normalized spacial score (nSPS) is 13.4. The predicted octanol–water partition coefficient (Wildman–Crippen LogP) is 2.44. The van der Waals surface area contributed by atoms with Gasteiger partial charge in [-0.15, -0.1) is 0 Å². The van der Waals surface area contributed by atoms with Crippen LogP contribution in [0.2, 0.25) is 0 Å². The Labute approximate surface area is 159 Å². The van der Waals surface area contributed by atoms with E-state index in [4.69, 9.17) is 4.74 Å². The van der Waals surface area contributed by atoms with E-state index in [9.17, 15) is 9.59 Å². The van der Waals surface area contributed by atoms with Crippen molar-refractivity contribution in [3.63, 3.8) is 0 Å². The van der Waals surface area contributed by atoms with E-state index < -0.39 is 0 Å². The largest absolute Gasteiger partial charge is 0.491 e. The highest BCUT2D eigenvalue weighted by Crippen LogP contribution is 2.30. The van der Waals surface area contributed by atoms with E-state index in [-0.39, 0.29) is 24.8 Å². The topological polar surface area (TPSA) is 61.9 Å². The van der Waals surface area contributed by atoms with Crippen LogP contribution in [0.1, 0.15) is 12.8 Å². The standard InChI is InChI=1S/C21H25N3O3/c1-23(17-8-3-2-4-9-17)14-7-13-22-20(25)16-24-18-10-5-6-11-19(18)27-15-12-21(24)26/h2-6,8-11H,7,12-16H2,1H3,(H,22,25). The molecule has 1 aliphatic rings. The van der Waals surface area contributed by atoms with Crippen molar-refractivity contribution in [1.29, 1.82) is 0 Å². The molecule has 0 saturated carbocycles. The molecular formula is C21H25N3O3. The Morgan fingerprint density at radius 3 is 2.70 bits per heavy atom. The average Bonchev–Trinajstić information content (AvgIpc) is 2.85. The molecule has 0 unspecified atom stereocenters. The Hall–Kier alpha value is -3.02. The van der Waals surface area contributed by atoms with E-state index in [2.05, 4.69) is 22.3 Å². The van der Waals surface area contributed by atoms with Gasteiger partial charge in [-0.05, 0) is 30.7 Å². The molecule has 2 aromatic carbocycles. The predicted molar refractivity (Wildman–Crippen MR) is 106 cm³/mol. The summed E-state index contributed by atoms with van der Waals surface area (Å²) in [4.78, 5) is 28.3. The van der Waals surface area contributed by atoms with Gasteiger partial charge in [-0.2, -0.15) is 0 Å². The Morgan fingerprint density at radius 1 is 1.15 bits per heavy atom. The quantitative estimate of drug-likeness (QED) is 0.764. The maximum absolute atomic E-state index is 12.3. The van der Waals surface area contributed by atoms with Gasteiger partial charge in [-0.1, -0.05) is 30.3 Å². The van der Waals surface area contributed by atoms with E-state index in [0.29, 0.717) is 24.6 Å². The highest BCUT2D eigenvalue weighted by Gasteiger charge is 2.24. The summed E-state index contributed by atoms with van der Waals surface area (Å²) >= 11 is 0. The number of ether oxygens (including phenoxy) is 1. The Balaban J connectivity index is 1.48. The lowest BCUT2D eigenvalue weighted by atomic mass is 10.2. The molecule has 0 bridgehead atoms. The molecule has 0 spiro atoms. The summed E-state index contributed by atoms with van der Waals surface area (Å²) in [6.45, 7) is 1.74. The SMILES string of the molecule is CN(CCCNC(=O)CN1C(=O)CCOc2ccccc21)c1ccccc1. The molecule has 6 heteroatoms. The number of hydrogen-bond donors (Lipinski definition) is 1. The van der Waals surface area contributed by atoms with Crippen molar-refractivity contribution in [1.82, 2.24) is 5.32 Å². The van der Waals surface area contributed by atoms with Crippen LogP contribution in [-0.4, -0.2) is 45.1 Å². The molecule has 1 N–H and O–H groups in total. The molecule has 2 amide bonds. The summed E-state index contributed by atoms with van der Waals surface area (Å²) in [7, 11) is 2.03. The molecule has 6 nitrogen and oxygen atoms in total. The Morgan fingerprint density at radius 2 is 1.89 bits per heavy atom. The number of anilines is 2. The highest BCUT2D eigenvalue weighted by atomic mass is 16.5. The summed E-state index contributed by atoms with van der Waals surface area (Å²) in [5, 5.41) is 2.91. The fourth-order valence-corrected chi connectivity index (χ4v) is 3.05. The number of rotatable bonds is 7. The Bertz CT molecular complexity index is 779. The average molecular weight is 367 g/mol. The van der Waals surface area contributed by atoms with Crippen LogP contribution in [0.15, 0.2) is 54.6 Å². The summed E-state index contributed by atoms with van der Waals surface area (Å²) < 4.78 is 5.60. The highest BCUT2D eigenvalue weighted by molar-refractivity contribution is 6.00. The molecule has 142 valence electrons. The van der Waals surface area contributed by atoms with Crippen molar-refractivity contribution in [3.05, 3.63) is 54.6 Å². The molecule has 2 aromatic rings. The van der Waals surface area contributed by atoms with Crippen LogP contribution in [0, 0.1) is 0 Å². The van der Waals surface area contributed by atoms with Crippen LogP contribution >= 0.6 is 0 Å². The van der Waals surface area contributed by atoms with Gasteiger partial charge in [0.25, 0.3) is 0 Å². The molecular weight excluding hydrogens is 342 g/mol. The number of carbonyl (C=O) groups excluding carboxylic acids is 2. The summed E-state index contributed by atoms with van der Waals surface area (Å²) in [6, 6.07) is 17.4. The van der Waals surface area contributed by atoms with E-state index in [1.807, 2.05) is 43.4 Å². The zero-order valence-corrected chi connectivity index (χ0v) is 15.6. The molecule has 0 aromatic heterocycles. The minimum absolute atomic E-state index is 0.00767. The fraction of sp³-hybridized carbons (Fsp3) is 0.333. The molecule has 0 radical (unpaired) electrons. The minimum atomic E-state index is -0.164. The second kappa shape index (κ2) is 9.07. The van der Waals surface area contributed by atoms with Crippen molar-refractivity contribution < 1.29 is 14.3 Å². The van der Waals surface area contributed by atoms with Gasteiger partial charge in [0.15, 0.2) is 0 Å². The molecule has 0 atom stereocenters. The number of fused-ring (bicyclic) bond motifs is 1. The first kappa shape index (κ1) is 18.8. The second-order valence-electron chi connectivity index (χ2n) is 6.51. The number of nitrogens with zero attached hydrogens (tertiary/aromatic N) is 2. The van der Waals surface area contributed by atoms with Crippen LogP contribution < -0.4 is 19.9 Å². The number of benzene rings is 2. The van der Waals surface area contributed by atoms with E-state index in [0.717, 1.165) is 18.7 Å². The number of nitrogens with one attached hydrogen (secondary N) is 1. The van der Waals surface area contributed by atoms with Gasteiger partial charge in [0.2, 0.25) is 11.8 Å². The van der Waals surface area contributed by atoms with Gasteiger partial charge in [-0.3, -0.25) is 14.5 Å². The lowest BCUT2D eigenvalue weighted by Gasteiger charge is -2.22. The smallest absolute Gasteiger partial charge is 0.240 e. The van der Waals surface area contributed by atoms with Gasteiger partial charge in [-0.25, -0.2) is 0 Å². The molecule has 0 aliphatic carbocycles. The molecule has 0 saturated heterocycles. The van der Waals surface area contributed by atoms with Crippen molar-refractivity contribution in [2.45, 2.75) is 12.8 Å². The number of hydrogen-bond acceptors (Lipinski definition) is 4. The van der Waals surface area contributed by atoms with Crippen LogP contribution in [0.25, 0.3) is 0 Å². The van der Waals surface area contributed by atoms with Crippen molar-refractivity contribution in [2.75, 3.05) is 43.1 Å². The van der Waals surface area contributed by atoms with E-state index in [1.54, 1.807) is 6.07 Å². The first-order chi connectivity index (χ1) is 13.1. The summed E-state index contributed by atoms with van der Waals surface area (Å²) in [5.41, 5.74) is 1.80. The van der Waals surface area contributed by atoms with E-state index in [1.165, 1.54) is 4.90 Å². The molecule has 3 rings (SSSR count). The van der Waals surface area contributed by atoms with Crippen LogP contribution in [-0.2, 0) is 9.59 Å². The van der Waals surface area contributed by atoms with Gasteiger partial charge in [0.1, 0.15) is 12.3 Å². The third kappa shape index (κ3) is 5.00. The first-order valence-corrected chi connectivity index (χ1v) is 9.20. The summed E-state index contributed by atoms with van der Waals surface area (Å²) in [5.74, 6) is 0.377. The zero-order chi connectivity index (χ0) is 19.1. The maximum Gasteiger partial charge on any atom is 0.240 e. The zero-order valence-electron chi connectivity index (χ0n) is 15.6. The summed E-state index contributed by atoms with van der Waals surface area (Å²) in [6.07, 6.45) is 1.09. The van der Waals surface area contributed by atoms with Crippen LogP contribution in [0.4, 0.5) is 11.4 Å². The van der Waals surface area contributed by atoms with Gasteiger partial charge < -0.3 is 15.0 Å². The van der Waals surface area contributed by atoms with Crippen molar-refractivity contribution in [3.8, 4) is 5.75 Å². The lowest BCUT2D eigenvalue weighted by molar-refractivity contribution is -0.123. The number of carbonyl (C=O) groups is 2. The molecule has 27 heavy (non-hydrogen) atoms. The second-order valence-corrected chi connectivity index (χ2v) is 6.51. The number of para-hydroxylation sites is 3. The molecule has 1 aliphatic heterocycles.